The molecule has 1 saturated heterocycles. The van der Waals surface area contributed by atoms with Crippen LogP contribution in [-0.2, 0) is 6.54 Å². The number of hydrogen-bond acceptors (Lipinski definition) is 5. The molecule has 150 valence electrons. The van der Waals surface area contributed by atoms with Crippen LogP contribution in [0.4, 0.5) is 10.1 Å². The Labute approximate surface area is 168 Å². The number of halogens is 1. The molecule has 29 heavy (non-hydrogen) atoms. The van der Waals surface area contributed by atoms with E-state index in [9.17, 15) is 14.3 Å². The van der Waals surface area contributed by atoms with Crippen LogP contribution in [0.2, 0.25) is 0 Å². The standard InChI is InChI=1S/C21H22FN5O2/c22-17-8-4-5-9-18(17)25-10-12-26(13-11-25)21(29)20-23-15-27(24-20)14-19(28)16-6-2-1-3-7-16/h1-9,15,19,28H,10-14H2/t19-/m1/s1. The fourth-order valence-electron chi connectivity index (χ4n) is 3.44. The SMILES string of the molecule is O=C(c1ncn(C[C@@H](O)c2ccccc2)n1)N1CCN(c2ccccc2F)CC1. The zero-order valence-corrected chi connectivity index (χ0v) is 15.9. The zero-order valence-electron chi connectivity index (χ0n) is 15.9. The molecule has 0 bridgehead atoms. The molecule has 0 aliphatic carbocycles. The molecule has 1 aromatic heterocycles. The van der Waals surface area contributed by atoms with Crippen LogP contribution in [0.15, 0.2) is 60.9 Å². The average molecular weight is 395 g/mol. The second-order valence-corrected chi connectivity index (χ2v) is 6.95. The highest BCUT2D eigenvalue weighted by Gasteiger charge is 2.26. The third kappa shape index (κ3) is 4.27. The van der Waals surface area contributed by atoms with E-state index in [0.717, 1.165) is 5.56 Å². The maximum Gasteiger partial charge on any atom is 0.293 e. The Balaban J connectivity index is 1.35. The second kappa shape index (κ2) is 8.40. The van der Waals surface area contributed by atoms with Crippen LogP contribution in [0.1, 0.15) is 22.3 Å². The molecule has 8 heteroatoms. The Morgan fingerprint density at radius 1 is 1.03 bits per heavy atom. The van der Waals surface area contributed by atoms with Crippen LogP contribution in [0, 0.1) is 5.82 Å². The second-order valence-electron chi connectivity index (χ2n) is 6.95. The molecule has 1 fully saturated rings. The molecule has 1 aliphatic rings. The van der Waals surface area contributed by atoms with Crippen molar-refractivity contribution in [3.8, 4) is 0 Å². The largest absolute Gasteiger partial charge is 0.386 e. The van der Waals surface area contributed by atoms with Crippen molar-refractivity contribution < 1.29 is 14.3 Å². The normalized spacial score (nSPS) is 15.4. The number of amides is 1. The predicted octanol–water partition coefficient (Wildman–Crippen LogP) is 2.11. The third-order valence-electron chi connectivity index (χ3n) is 5.03. The highest BCUT2D eigenvalue weighted by Crippen LogP contribution is 2.20. The quantitative estimate of drug-likeness (QED) is 0.716. The molecule has 2 heterocycles. The van der Waals surface area contributed by atoms with Gasteiger partial charge in [-0.2, -0.15) is 0 Å². The lowest BCUT2D eigenvalue weighted by Crippen LogP contribution is -2.49. The van der Waals surface area contributed by atoms with Crippen LogP contribution in [0.3, 0.4) is 0 Å². The molecule has 2 aromatic carbocycles. The summed E-state index contributed by atoms with van der Waals surface area (Å²) in [5, 5.41) is 14.5. The number of carbonyl (C=O) groups is 1. The molecule has 1 atom stereocenters. The summed E-state index contributed by atoms with van der Waals surface area (Å²) in [5.41, 5.74) is 1.33. The molecular formula is C21H22FN5O2. The minimum atomic E-state index is -0.731. The summed E-state index contributed by atoms with van der Waals surface area (Å²) in [6.45, 7) is 2.23. The van der Waals surface area contributed by atoms with E-state index in [-0.39, 0.29) is 24.1 Å². The van der Waals surface area contributed by atoms with Crippen molar-refractivity contribution in [2.75, 3.05) is 31.1 Å². The summed E-state index contributed by atoms with van der Waals surface area (Å²) < 4.78 is 15.4. The van der Waals surface area contributed by atoms with E-state index in [1.807, 2.05) is 35.2 Å². The van der Waals surface area contributed by atoms with Gasteiger partial charge in [0.15, 0.2) is 0 Å². The molecule has 1 aliphatic heterocycles. The molecule has 0 spiro atoms. The molecule has 0 saturated carbocycles. The maximum atomic E-state index is 14.0. The van der Waals surface area contributed by atoms with Crippen molar-refractivity contribution in [3.63, 3.8) is 0 Å². The number of hydrogen-bond donors (Lipinski definition) is 1. The summed E-state index contributed by atoms with van der Waals surface area (Å²) >= 11 is 0. The molecule has 0 radical (unpaired) electrons. The van der Waals surface area contributed by atoms with Gasteiger partial charge < -0.3 is 14.9 Å². The monoisotopic (exact) mass is 395 g/mol. The van der Waals surface area contributed by atoms with Crippen LogP contribution >= 0.6 is 0 Å². The van der Waals surface area contributed by atoms with Gasteiger partial charge in [0, 0.05) is 26.2 Å². The van der Waals surface area contributed by atoms with Gasteiger partial charge in [-0.25, -0.2) is 14.1 Å². The predicted molar refractivity (Wildman–Crippen MR) is 106 cm³/mol. The van der Waals surface area contributed by atoms with E-state index in [2.05, 4.69) is 10.1 Å². The number of carbonyl (C=O) groups excluding carboxylic acids is 1. The van der Waals surface area contributed by atoms with Crippen molar-refractivity contribution in [2.45, 2.75) is 12.6 Å². The van der Waals surface area contributed by atoms with Crippen LogP contribution in [-0.4, -0.2) is 56.9 Å². The van der Waals surface area contributed by atoms with Crippen LogP contribution < -0.4 is 4.90 Å². The summed E-state index contributed by atoms with van der Waals surface area (Å²) in [6, 6.07) is 15.9. The van der Waals surface area contributed by atoms with E-state index in [4.69, 9.17) is 0 Å². The Morgan fingerprint density at radius 2 is 1.72 bits per heavy atom. The average Bonchev–Trinajstić information content (AvgIpc) is 3.23. The third-order valence-corrected chi connectivity index (χ3v) is 5.03. The Kier molecular flexibility index (Phi) is 5.53. The summed E-state index contributed by atoms with van der Waals surface area (Å²) in [7, 11) is 0. The molecule has 3 aromatic rings. The van der Waals surface area contributed by atoms with Crippen molar-refractivity contribution in [3.05, 3.63) is 78.1 Å². The van der Waals surface area contributed by atoms with Crippen molar-refractivity contribution in [1.29, 1.82) is 0 Å². The number of para-hydroxylation sites is 1. The smallest absolute Gasteiger partial charge is 0.293 e. The van der Waals surface area contributed by atoms with Crippen LogP contribution in [0.5, 0.6) is 0 Å². The molecule has 1 N–H and O–H groups in total. The number of anilines is 1. The van der Waals surface area contributed by atoms with E-state index in [1.54, 1.807) is 23.1 Å². The maximum absolute atomic E-state index is 14.0. The van der Waals surface area contributed by atoms with Gasteiger partial charge in [0.25, 0.3) is 5.91 Å². The Hall–Kier alpha value is -3.26. The summed E-state index contributed by atoms with van der Waals surface area (Å²) in [6.07, 6.45) is 0.722. The van der Waals surface area contributed by atoms with Gasteiger partial charge in [0.2, 0.25) is 5.82 Å². The van der Waals surface area contributed by atoms with Gasteiger partial charge in [0.1, 0.15) is 12.1 Å². The number of benzene rings is 2. The lowest BCUT2D eigenvalue weighted by molar-refractivity contribution is 0.0732. The van der Waals surface area contributed by atoms with Gasteiger partial charge in [0.05, 0.1) is 18.3 Å². The first-order chi connectivity index (χ1) is 14.1. The van der Waals surface area contributed by atoms with Gasteiger partial charge >= 0.3 is 0 Å². The number of aromatic nitrogens is 3. The number of rotatable bonds is 5. The van der Waals surface area contributed by atoms with E-state index in [0.29, 0.717) is 31.9 Å². The zero-order chi connectivity index (χ0) is 20.2. The summed E-state index contributed by atoms with van der Waals surface area (Å²) in [5.74, 6) is -0.416. The first-order valence-electron chi connectivity index (χ1n) is 9.53. The number of piperazine rings is 1. The van der Waals surface area contributed by atoms with E-state index < -0.39 is 6.10 Å². The van der Waals surface area contributed by atoms with Crippen molar-refractivity contribution >= 4 is 11.6 Å². The van der Waals surface area contributed by atoms with Gasteiger partial charge in [-0.05, 0) is 17.7 Å². The minimum Gasteiger partial charge on any atom is -0.386 e. The molecule has 4 rings (SSSR count). The highest BCUT2D eigenvalue weighted by molar-refractivity contribution is 5.90. The molecular weight excluding hydrogens is 373 g/mol. The first-order valence-corrected chi connectivity index (χ1v) is 9.53. The number of aliphatic hydroxyl groups excluding tert-OH is 1. The topological polar surface area (TPSA) is 74.5 Å². The Bertz CT molecular complexity index is 970. The Morgan fingerprint density at radius 3 is 2.45 bits per heavy atom. The fourth-order valence-corrected chi connectivity index (χ4v) is 3.44. The fraction of sp³-hybridized carbons (Fsp3) is 0.286. The minimum absolute atomic E-state index is 0.101. The number of nitrogens with zero attached hydrogens (tertiary/aromatic N) is 5. The molecule has 7 nitrogen and oxygen atoms in total. The van der Waals surface area contributed by atoms with Gasteiger partial charge in [-0.3, -0.25) is 4.79 Å². The van der Waals surface area contributed by atoms with Gasteiger partial charge in [-0.15, -0.1) is 5.10 Å². The van der Waals surface area contributed by atoms with E-state index in [1.165, 1.54) is 17.1 Å². The number of aliphatic hydroxyl groups is 1. The molecule has 0 unspecified atom stereocenters. The van der Waals surface area contributed by atoms with Crippen LogP contribution in [0.25, 0.3) is 0 Å². The van der Waals surface area contributed by atoms with Crippen molar-refractivity contribution in [2.24, 2.45) is 0 Å². The van der Waals surface area contributed by atoms with Crippen molar-refractivity contribution in [1.82, 2.24) is 19.7 Å². The lowest BCUT2D eigenvalue weighted by Gasteiger charge is -2.35. The molecule has 1 amide bonds. The summed E-state index contributed by atoms with van der Waals surface area (Å²) in [4.78, 5) is 20.4. The van der Waals surface area contributed by atoms with E-state index >= 15 is 0 Å². The highest BCUT2D eigenvalue weighted by atomic mass is 19.1. The van der Waals surface area contributed by atoms with Gasteiger partial charge in [-0.1, -0.05) is 42.5 Å². The first kappa shape index (κ1) is 19.1. The lowest BCUT2D eigenvalue weighted by atomic mass is 10.1.